The molecule has 0 unspecified atom stereocenters. The van der Waals surface area contributed by atoms with Crippen LogP contribution >= 0.6 is 0 Å². The number of nitrogens with two attached hydrogens (primary N) is 1. The van der Waals surface area contributed by atoms with Crippen LogP contribution in [0.5, 0.6) is 0 Å². The highest BCUT2D eigenvalue weighted by Crippen LogP contribution is 2.35. The number of nitrogens with zero attached hydrogens (tertiary/aromatic N) is 1. The normalized spacial score (nSPS) is 13.5. The molecule has 0 amide bonds. The molecule has 2 radical (unpaired) electrons. The Morgan fingerprint density at radius 1 is 0.852 bits per heavy atom. The maximum absolute atomic E-state index is 6.58. The second-order valence-corrected chi connectivity index (χ2v) is 6.80. The van der Waals surface area contributed by atoms with E-state index in [0.29, 0.717) is 0 Å². The Labute approximate surface area is 162 Å². The second kappa shape index (κ2) is 7.20. The van der Waals surface area contributed by atoms with Crippen LogP contribution in [-0.4, -0.2) is 26.3 Å². The minimum atomic E-state index is 0.732. The molecule has 0 bridgehead atoms. The van der Waals surface area contributed by atoms with Crippen LogP contribution < -0.4 is 11.2 Å². The highest BCUT2D eigenvalue weighted by Gasteiger charge is 2.13. The number of anilines is 1. The fourth-order valence-corrected chi connectivity index (χ4v) is 3.56. The molecule has 0 saturated carbocycles. The third-order valence-electron chi connectivity index (χ3n) is 5.01. The van der Waals surface area contributed by atoms with E-state index in [4.69, 9.17) is 13.6 Å². The van der Waals surface area contributed by atoms with Crippen molar-refractivity contribution in [1.29, 1.82) is 0 Å². The van der Waals surface area contributed by atoms with Crippen LogP contribution in [0.15, 0.2) is 85.0 Å². The van der Waals surface area contributed by atoms with Gasteiger partial charge in [-0.2, -0.15) is 0 Å². The first-order valence-electron chi connectivity index (χ1n) is 9.07. The molecule has 0 aromatic heterocycles. The number of para-hydroxylation sites is 1. The van der Waals surface area contributed by atoms with E-state index in [9.17, 15) is 0 Å². The zero-order valence-electron chi connectivity index (χ0n) is 15.4. The van der Waals surface area contributed by atoms with Crippen molar-refractivity contribution in [3.63, 3.8) is 0 Å². The Morgan fingerprint density at radius 2 is 1.56 bits per heavy atom. The molecule has 130 valence electrons. The molecule has 2 N–H and O–H groups in total. The Hall–Kier alpha value is -3.20. The topological polar surface area (TPSA) is 29.3 Å². The molecular weight excluding hydrogens is 327 g/mol. The number of likely N-dealkylation sites (N-methyl/N-ethyl adjacent to an activating group) is 1. The third-order valence-corrected chi connectivity index (χ3v) is 5.01. The van der Waals surface area contributed by atoms with Gasteiger partial charge in [-0.3, -0.25) is 0 Å². The van der Waals surface area contributed by atoms with Crippen LogP contribution in [0, 0.1) is 0 Å². The van der Waals surface area contributed by atoms with E-state index in [1.165, 1.54) is 11.3 Å². The first-order valence-corrected chi connectivity index (χ1v) is 9.07. The zero-order valence-corrected chi connectivity index (χ0v) is 15.4. The number of benzene rings is 3. The van der Waals surface area contributed by atoms with E-state index in [0.717, 1.165) is 39.9 Å². The summed E-state index contributed by atoms with van der Waals surface area (Å²) in [7, 11) is 8.28. The number of hydrogen-bond acceptors (Lipinski definition) is 2. The van der Waals surface area contributed by atoms with Crippen molar-refractivity contribution in [1.82, 2.24) is 4.90 Å². The minimum Gasteiger partial charge on any atom is -0.398 e. The summed E-state index contributed by atoms with van der Waals surface area (Å²) in [6.07, 6.45) is 6.40. The van der Waals surface area contributed by atoms with Gasteiger partial charge in [0.2, 0.25) is 0 Å². The number of nitrogen functional groups attached to an aromatic ring is 1. The third kappa shape index (κ3) is 3.29. The van der Waals surface area contributed by atoms with Crippen LogP contribution in [0.4, 0.5) is 5.69 Å². The summed E-state index contributed by atoms with van der Waals surface area (Å²) in [4.78, 5) is 2.24. The SMILES string of the molecule is [B]c1ccccc1-c1cccc(-c2cccc(C3=CC=CCN3C)c2)c1N. The molecule has 0 aliphatic carbocycles. The average Bonchev–Trinajstić information content (AvgIpc) is 2.69. The Bertz CT molecular complexity index is 1050. The highest BCUT2D eigenvalue weighted by atomic mass is 15.1. The molecule has 1 aliphatic heterocycles. The molecule has 1 heterocycles. The van der Waals surface area contributed by atoms with Crippen molar-refractivity contribution in [3.8, 4) is 22.3 Å². The first kappa shape index (κ1) is 17.2. The van der Waals surface area contributed by atoms with Crippen LogP contribution in [-0.2, 0) is 0 Å². The molecule has 0 saturated heterocycles. The van der Waals surface area contributed by atoms with Gasteiger partial charge in [-0.1, -0.05) is 78.3 Å². The van der Waals surface area contributed by atoms with E-state index in [1.807, 2.05) is 36.4 Å². The van der Waals surface area contributed by atoms with E-state index >= 15 is 0 Å². The van der Waals surface area contributed by atoms with Gasteiger partial charge in [-0.25, -0.2) is 0 Å². The standard InChI is InChI=1S/C24H21BN2/c1-27-15-5-4-14-23(27)18-9-6-8-17(16-18)19-11-7-12-21(24(19)26)20-10-2-3-13-22(20)25/h2-14,16H,15,26H2,1H3. The van der Waals surface area contributed by atoms with Gasteiger partial charge in [-0.05, 0) is 28.8 Å². The Kier molecular flexibility index (Phi) is 4.60. The van der Waals surface area contributed by atoms with Gasteiger partial charge in [0.25, 0.3) is 0 Å². The van der Waals surface area contributed by atoms with Gasteiger partial charge in [0.15, 0.2) is 0 Å². The highest BCUT2D eigenvalue weighted by molar-refractivity contribution is 6.36. The minimum absolute atomic E-state index is 0.732. The monoisotopic (exact) mass is 348 g/mol. The lowest BCUT2D eigenvalue weighted by Gasteiger charge is -2.24. The summed E-state index contributed by atoms with van der Waals surface area (Å²) in [5, 5.41) is 0. The Balaban J connectivity index is 1.80. The summed E-state index contributed by atoms with van der Waals surface area (Å²) in [6.45, 7) is 0.918. The van der Waals surface area contributed by atoms with Gasteiger partial charge in [0.1, 0.15) is 7.85 Å². The van der Waals surface area contributed by atoms with E-state index in [2.05, 4.69) is 60.5 Å². The molecule has 2 nitrogen and oxygen atoms in total. The summed E-state index contributed by atoms with van der Waals surface area (Å²) in [5.41, 5.74) is 14.5. The molecule has 3 aromatic rings. The maximum Gasteiger partial charge on any atom is 0.114 e. The van der Waals surface area contributed by atoms with Crippen molar-refractivity contribution in [2.75, 3.05) is 19.3 Å². The molecule has 3 heteroatoms. The lowest BCUT2D eigenvalue weighted by Crippen LogP contribution is -2.18. The molecule has 0 fully saturated rings. The number of rotatable bonds is 3. The van der Waals surface area contributed by atoms with Crippen molar-refractivity contribution < 1.29 is 0 Å². The smallest absolute Gasteiger partial charge is 0.114 e. The number of allylic oxidation sites excluding steroid dienone is 2. The largest absolute Gasteiger partial charge is 0.398 e. The average molecular weight is 348 g/mol. The van der Waals surface area contributed by atoms with Crippen molar-refractivity contribution in [2.24, 2.45) is 0 Å². The fourth-order valence-electron chi connectivity index (χ4n) is 3.56. The van der Waals surface area contributed by atoms with Crippen LogP contribution in [0.3, 0.4) is 0 Å². The quantitative estimate of drug-likeness (QED) is 0.567. The lowest BCUT2D eigenvalue weighted by atomic mass is 9.85. The van der Waals surface area contributed by atoms with Gasteiger partial charge in [0, 0.05) is 36.1 Å². The predicted octanol–water partition coefficient (Wildman–Crippen LogP) is 4.24. The molecule has 3 aromatic carbocycles. The predicted molar refractivity (Wildman–Crippen MR) is 117 cm³/mol. The van der Waals surface area contributed by atoms with Gasteiger partial charge in [0.05, 0.1) is 0 Å². The fraction of sp³-hybridized carbons (Fsp3) is 0.0833. The van der Waals surface area contributed by atoms with Crippen LogP contribution in [0.1, 0.15) is 5.56 Å². The van der Waals surface area contributed by atoms with Crippen molar-refractivity contribution in [2.45, 2.75) is 0 Å². The Morgan fingerprint density at radius 3 is 2.37 bits per heavy atom. The molecule has 1 aliphatic rings. The van der Waals surface area contributed by atoms with E-state index < -0.39 is 0 Å². The second-order valence-electron chi connectivity index (χ2n) is 6.80. The van der Waals surface area contributed by atoms with E-state index in [-0.39, 0.29) is 0 Å². The van der Waals surface area contributed by atoms with Gasteiger partial charge >= 0.3 is 0 Å². The molecule has 27 heavy (non-hydrogen) atoms. The molecule has 0 spiro atoms. The van der Waals surface area contributed by atoms with Gasteiger partial charge < -0.3 is 10.6 Å². The first-order chi connectivity index (χ1) is 13.1. The van der Waals surface area contributed by atoms with E-state index in [1.54, 1.807) is 0 Å². The molecule has 0 atom stereocenters. The summed E-state index contributed by atoms with van der Waals surface area (Å²) in [5.74, 6) is 0. The summed E-state index contributed by atoms with van der Waals surface area (Å²) in [6, 6.07) is 22.5. The van der Waals surface area contributed by atoms with Crippen molar-refractivity contribution in [3.05, 3.63) is 90.5 Å². The molecular formula is C24H21BN2. The van der Waals surface area contributed by atoms with Crippen molar-refractivity contribution >= 4 is 24.7 Å². The zero-order chi connectivity index (χ0) is 18.8. The summed E-state index contributed by atoms with van der Waals surface area (Å²) < 4.78 is 0. The summed E-state index contributed by atoms with van der Waals surface area (Å²) >= 11 is 0. The lowest BCUT2D eigenvalue weighted by molar-refractivity contribution is 0.531. The van der Waals surface area contributed by atoms with Gasteiger partial charge in [-0.15, -0.1) is 0 Å². The number of hydrogen-bond donors (Lipinski definition) is 1. The maximum atomic E-state index is 6.58. The molecule has 4 rings (SSSR count). The van der Waals surface area contributed by atoms with Crippen LogP contribution in [0.2, 0.25) is 0 Å². The van der Waals surface area contributed by atoms with Crippen LogP contribution in [0.25, 0.3) is 28.0 Å².